The molecule has 7 aromatic rings. The molecule has 5 aromatic carbocycles. The van der Waals surface area contributed by atoms with E-state index in [4.69, 9.17) is 0 Å². The van der Waals surface area contributed by atoms with Gasteiger partial charge in [0.15, 0.2) is 0 Å². The summed E-state index contributed by atoms with van der Waals surface area (Å²) in [7, 11) is 0. The molecule has 2 heteroatoms. The average Bonchev–Trinajstić information content (AvgIpc) is 3.43. The highest BCUT2D eigenvalue weighted by atomic mass is 15.0. The summed E-state index contributed by atoms with van der Waals surface area (Å²) < 4.78 is 2.36. The molecule has 8 rings (SSSR count). The van der Waals surface area contributed by atoms with Crippen LogP contribution in [0.4, 0.5) is 0 Å². The highest BCUT2D eigenvalue weighted by Gasteiger charge is 2.22. The van der Waals surface area contributed by atoms with Gasteiger partial charge in [-0.2, -0.15) is 0 Å². The summed E-state index contributed by atoms with van der Waals surface area (Å²) in [5.74, 6) is 0. The zero-order valence-corrected chi connectivity index (χ0v) is 18.9. The third-order valence-corrected chi connectivity index (χ3v) is 7.39. The fourth-order valence-electron chi connectivity index (χ4n) is 5.84. The molecule has 0 aliphatic heterocycles. The van der Waals surface area contributed by atoms with Crippen LogP contribution >= 0.6 is 0 Å². The maximum Gasteiger partial charge on any atom is 0.0714 e. The van der Waals surface area contributed by atoms with Crippen LogP contribution in [0.5, 0.6) is 0 Å². The van der Waals surface area contributed by atoms with Crippen molar-refractivity contribution in [3.05, 3.63) is 121 Å². The van der Waals surface area contributed by atoms with Gasteiger partial charge in [-0.05, 0) is 81.9 Å². The van der Waals surface area contributed by atoms with Crippen LogP contribution in [-0.4, -0.2) is 9.55 Å². The van der Waals surface area contributed by atoms with Crippen molar-refractivity contribution in [2.45, 2.75) is 0 Å². The SMILES string of the molecule is c1ccc(-n2c3ccccc3c3cc(-c4ccc5c(c4)-c4cccc6nccc-5c46)ccc32)cc1. The molecule has 162 valence electrons. The Morgan fingerprint density at radius 2 is 1.26 bits per heavy atom. The average molecular weight is 445 g/mol. The van der Waals surface area contributed by atoms with Gasteiger partial charge < -0.3 is 4.57 Å². The second kappa shape index (κ2) is 6.91. The predicted molar refractivity (Wildman–Crippen MR) is 146 cm³/mol. The van der Waals surface area contributed by atoms with Crippen molar-refractivity contribution in [1.82, 2.24) is 9.55 Å². The van der Waals surface area contributed by atoms with Gasteiger partial charge in [0.1, 0.15) is 0 Å². The minimum Gasteiger partial charge on any atom is -0.309 e. The van der Waals surface area contributed by atoms with Crippen molar-refractivity contribution < 1.29 is 0 Å². The summed E-state index contributed by atoms with van der Waals surface area (Å²) in [4.78, 5) is 4.59. The molecule has 0 saturated heterocycles. The van der Waals surface area contributed by atoms with Crippen LogP contribution in [-0.2, 0) is 0 Å². The normalized spacial score (nSPS) is 12.0. The van der Waals surface area contributed by atoms with E-state index in [1.54, 1.807) is 0 Å². The van der Waals surface area contributed by atoms with Crippen molar-refractivity contribution in [3.8, 4) is 39.1 Å². The summed E-state index contributed by atoms with van der Waals surface area (Å²) in [6, 6.07) is 41.6. The lowest BCUT2D eigenvalue weighted by Gasteiger charge is -2.09. The first-order valence-electron chi connectivity index (χ1n) is 12.0. The number of rotatable bonds is 2. The van der Waals surface area contributed by atoms with Crippen LogP contribution in [0.25, 0.3) is 71.8 Å². The first-order valence-corrected chi connectivity index (χ1v) is 12.0. The molecule has 1 aliphatic carbocycles. The Bertz CT molecular complexity index is 1940. The Balaban J connectivity index is 1.35. The van der Waals surface area contributed by atoms with Crippen molar-refractivity contribution in [1.29, 1.82) is 0 Å². The highest BCUT2D eigenvalue weighted by Crippen LogP contribution is 2.48. The molecule has 0 fully saturated rings. The monoisotopic (exact) mass is 444 g/mol. The van der Waals surface area contributed by atoms with Crippen molar-refractivity contribution in [2.24, 2.45) is 0 Å². The molecular weight excluding hydrogens is 424 g/mol. The molecule has 0 saturated carbocycles. The maximum atomic E-state index is 4.59. The van der Waals surface area contributed by atoms with E-state index in [2.05, 4.69) is 125 Å². The summed E-state index contributed by atoms with van der Waals surface area (Å²) in [6.07, 6.45) is 1.92. The van der Waals surface area contributed by atoms with Gasteiger partial charge in [-0.15, -0.1) is 0 Å². The predicted octanol–water partition coefficient (Wildman–Crippen LogP) is 8.65. The smallest absolute Gasteiger partial charge is 0.0714 e. The largest absolute Gasteiger partial charge is 0.309 e. The first-order chi connectivity index (χ1) is 17.4. The number of hydrogen-bond acceptors (Lipinski definition) is 1. The van der Waals surface area contributed by atoms with Gasteiger partial charge in [-0.3, -0.25) is 4.98 Å². The van der Waals surface area contributed by atoms with Crippen LogP contribution in [0.2, 0.25) is 0 Å². The zero-order valence-electron chi connectivity index (χ0n) is 18.9. The van der Waals surface area contributed by atoms with E-state index >= 15 is 0 Å². The Morgan fingerprint density at radius 3 is 2.20 bits per heavy atom. The third-order valence-electron chi connectivity index (χ3n) is 7.39. The summed E-state index contributed by atoms with van der Waals surface area (Å²) in [5.41, 5.74) is 12.3. The summed E-state index contributed by atoms with van der Waals surface area (Å²) >= 11 is 0. The van der Waals surface area contributed by atoms with Gasteiger partial charge in [0.25, 0.3) is 0 Å². The Labute approximate surface area is 202 Å². The molecule has 0 spiro atoms. The van der Waals surface area contributed by atoms with E-state index in [1.807, 2.05) is 6.20 Å². The number of hydrogen-bond donors (Lipinski definition) is 0. The highest BCUT2D eigenvalue weighted by molar-refractivity contribution is 6.15. The Hall–Kier alpha value is -4.69. The molecule has 2 aromatic heterocycles. The third kappa shape index (κ3) is 2.57. The molecule has 35 heavy (non-hydrogen) atoms. The standard InChI is InChI=1S/C33H20N2/c1-2-7-23(8-3-1)35-31-12-5-4-9-25(31)29-20-22(14-16-32(29)35)21-13-15-24-27-17-18-34-30-11-6-10-26(33(27)30)28(24)19-21/h1-20H. The molecule has 0 amide bonds. The number of para-hydroxylation sites is 2. The molecule has 0 bridgehead atoms. The second-order valence-electron chi connectivity index (χ2n) is 9.24. The van der Waals surface area contributed by atoms with Crippen molar-refractivity contribution in [3.63, 3.8) is 0 Å². The minimum absolute atomic E-state index is 1.06. The topological polar surface area (TPSA) is 17.8 Å². The Kier molecular flexibility index (Phi) is 3.69. The summed E-state index contributed by atoms with van der Waals surface area (Å²) in [6.45, 7) is 0. The molecule has 0 atom stereocenters. The van der Waals surface area contributed by atoms with Gasteiger partial charge in [0, 0.05) is 28.0 Å². The van der Waals surface area contributed by atoms with Crippen molar-refractivity contribution >= 4 is 32.7 Å². The van der Waals surface area contributed by atoms with E-state index < -0.39 is 0 Å². The number of fused-ring (bicyclic) bond motifs is 6. The van der Waals surface area contributed by atoms with Crippen LogP contribution < -0.4 is 0 Å². The number of aromatic nitrogens is 2. The second-order valence-corrected chi connectivity index (χ2v) is 9.24. The van der Waals surface area contributed by atoms with Gasteiger partial charge in [0.05, 0.1) is 16.6 Å². The van der Waals surface area contributed by atoms with Crippen molar-refractivity contribution in [2.75, 3.05) is 0 Å². The number of nitrogens with zero attached hydrogens (tertiary/aromatic N) is 2. The molecule has 1 aliphatic rings. The molecule has 0 radical (unpaired) electrons. The van der Waals surface area contributed by atoms with E-state index in [9.17, 15) is 0 Å². The number of pyridine rings is 1. The molecule has 2 heterocycles. The van der Waals surface area contributed by atoms with Crippen LogP contribution in [0.15, 0.2) is 121 Å². The molecule has 0 N–H and O–H groups in total. The molecule has 2 nitrogen and oxygen atoms in total. The lowest BCUT2D eigenvalue weighted by atomic mass is 9.96. The van der Waals surface area contributed by atoms with Crippen LogP contribution in [0.3, 0.4) is 0 Å². The summed E-state index contributed by atoms with van der Waals surface area (Å²) in [5, 5.41) is 3.82. The van der Waals surface area contributed by atoms with E-state index in [0.717, 1.165) is 5.52 Å². The molecular formula is C33H20N2. The lowest BCUT2D eigenvalue weighted by Crippen LogP contribution is -1.92. The first kappa shape index (κ1) is 18.7. The van der Waals surface area contributed by atoms with Gasteiger partial charge in [-0.1, -0.05) is 66.7 Å². The zero-order chi connectivity index (χ0) is 22.9. The maximum absolute atomic E-state index is 4.59. The van der Waals surface area contributed by atoms with Gasteiger partial charge >= 0.3 is 0 Å². The van der Waals surface area contributed by atoms with Gasteiger partial charge in [-0.25, -0.2) is 0 Å². The minimum atomic E-state index is 1.06. The quantitative estimate of drug-likeness (QED) is 0.261. The van der Waals surface area contributed by atoms with E-state index in [1.165, 1.54) is 66.3 Å². The van der Waals surface area contributed by atoms with E-state index in [-0.39, 0.29) is 0 Å². The fraction of sp³-hybridized carbons (Fsp3) is 0. The van der Waals surface area contributed by atoms with E-state index in [0.29, 0.717) is 0 Å². The molecule has 0 unspecified atom stereocenters. The lowest BCUT2D eigenvalue weighted by molar-refractivity contribution is 1.18. The van der Waals surface area contributed by atoms with Crippen LogP contribution in [0.1, 0.15) is 0 Å². The van der Waals surface area contributed by atoms with Gasteiger partial charge in [0.2, 0.25) is 0 Å². The van der Waals surface area contributed by atoms with Crippen LogP contribution in [0, 0.1) is 0 Å². The number of benzene rings is 5. The fourth-order valence-corrected chi connectivity index (χ4v) is 5.84. The Morgan fingerprint density at radius 1 is 0.486 bits per heavy atom.